The van der Waals surface area contributed by atoms with Crippen LogP contribution >= 0.6 is 0 Å². The van der Waals surface area contributed by atoms with Gasteiger partial charge in [-0.3, -0.25) is 9.67 Å². The van der Waals surface area contributed by atoms with Crippen LogP contribution in [0.2, 0.25) is 0 Å². The molecule has 2 aromatic rings. The van der Waals surface area contributed by atoms with E-state index < -0.39 is 0 Å². The molecular weight excluding hydrogens is 252 g/mol. The van der Waals surface area contributed by atoms with Gasteiger partial charge in [0.05, 0.1) is 19.0 Å². The molecule has 0 bridgehead atoms. The monoisotopic (exact) mass is 274 g/mol. The summed E-state index contributed by atoms with van der Waals surface area (Å²) in [5.74, 6) is 0.801. The van der Waals surface area contributed by atoms with E-state index in [-0.39, 0.29) is 6.04 Å². The van der Waals surface area contributed by atoms with Gasteiger partial charge in [-0.05, 0) is 33.0 Å². The number of ether oxygens (including phenoxy) is 1. The summed E-state index contributed by atoms with van der Waals surface area (Å²) in [6.45, 7) is 4.25. The standard InChI is InChI=1S/C15H22N4O/c1-11(2)19-8-6-12(18-19)9-14(16-3)13-5-7-17-10-15(13)20-4/h5-8,10-11,14,16H,9H2,1-4H3. The zero-order valence-electron chi connectivity index (χ0n) is 12.5. The summed E-state index contributed by atoms with van der Waals surface area (Å²) in [7, 11) is 3.62. The topological polar surface area (TPSA) is 52.0 Å². The molecule has 0 aliphatic rings. The van der Waals surface area contributed by atoms with Crippen LogP contribution in [0.5, 0.6) is 5.75 Å². The van der Waals surface area contributed by atoms with E-state index in [4.69, 9.17) is 4.74 Å². The molecule has 0 aliphatic carbocycles. The minimum Gasteiger partial charge on any atom is -0.495 e. The number of rotatable bonds is 6. The third-order valence-electron chi connectivity index (χ3n) is 3.37. The van der Waals surface area contributed by atoms with Crippen LogP contribution in [-0.4, -0.2) is 28.9 Å². The van der Waals surface area contributed by atoms with Gasteiger partial charge in [-0.25, -0.2) is 0 Å². The number of pyridine rings is 1. The summed E-state index contributed by atoms with van der Waals surface area (Å²) in [4.78, 5) is 4.09. The van der Waals surface area contributed by atoms with Crippen molar-refractivity contribution in [3.05, 3.63) is 42.0 Å². The van der Waals surface area contributed by atoms with Gasteiger partial charge in [0.1, 0.15) is 5.75 Å². The highest BCUT2D eigenvalue weighted by molar-refractivity contribution is 5.33. The van der Waals surface area contributed by atoms with E-state index in [1.54, 1.807) is 19.5 Å². The van der Waals surface area contributed by atoms with E-state index >= 15 is 0 Å². The first kappa shape index (κ1) is 14.5. The van der Waals surface area contributed by atoms with Crippen LogP contribution < -0.4 is 10.1 Å². The van der Waals surface area contributed by atoms with E-state index in [0.717, 1.165) is 23.4 Å². The van der Waals surface area contributed by atoms with Crippen molar-refractivity contribution in [2.45, 2.75) is 32.4 Å². The second-order valence-corrected chi connectivity index (χ2v) is 5.04. The summed E-state index contributed by atoms with van der Waals surface area (Å²) in [6, 6.07) is 4.59. The van der Waals surface area contributed by atoms with E-state index in [0.29, 0.717) is 6.04 Å². The summed E-state index contributed by atoms with van der Waals surface area (Å²) < 4.78 is 7.36. The third kappa shape index (κ3) is 3.17. The van der Waals surface area contributed by atoms with Gasteiger partial charge >= 0.3 is 0 Å². The molecule has 0 aliphatic heterocycles. The largest absolute Gasteiger partial charge is 0.495 e. The molecule has 5 heteroatoms. The van der Waals surface area contributed by atoms with E-state index in [1.165, 1.54) is 0 Å². The Balaban J connectivity index is 2.19. The van der Waals surface area contributed by atoms with Crippen molar-refractivity contribution in [1.82, 2.24) is 20.1 Å². The van der Waals surface area contributed by atoms with Crippen LogP contribution in [0, 0.1) is 0 Å². The first-order valence-electron chi connectivity index (χ1n) is 6.85. The van der Waals surface area contributed by atoms with Crippen LogP contribution in [0.1, 0.15) is 37.2 Å². The Morgan fingerprint density at radius 2 is 2.15 bits per heavy atom. The lowest BCUT2D eigenvalue weighted by atomic mass is 10.0. The summed E-state index contributed by atoms with van der Waals surface area (Å²) in [5, 5.41) is 7.92. The first-order valence-corrected chi connectivity index (χ1v) is 6.85. The fraction of sp³-hybridized carbons (Fsp3) is 0.467. The Bertz CT molecular complexity index is 550. The second-order valence-electron chi connectivity index (χ2n) is 5.04. The molecule has 0 radical (unpaired) electrons. The van der Waals surface area contributed by atoms with Crippen molar-refractivity contribution in [1.29, 1.82) is 0 Å². The fourth-order valence-electron chi connectivity index (χ4n) is 2.20. The van der Waals surface area contributed by atoms with Gasteiger partial charge in [0, 0.05) is 36.5 Å². The quantitative estimate of drug-likeness (QED) is 0.878. The van der Waals surface area contributed by atoms with Gasteiger partial charge in [-0.1, -0.05) is 0 Å². The molecular formula is C15H22N4O. The molecule has 1 N–H and O–H groups in total. The number of nitrogens with one attached hydrogen (secondary N) is 1. The molecule has 0 saturated carbocycles. The van der Waals surface area contributed by atoms with Gasteiger partial charge in [0.15, 0.2) is 0 Å². The van der Waals surface area contributed by atoms with E-state index in [1.807, 2.05) is 24.0 Å². The Kier molecular flexibility index (Phi) is 4.74. The van der Waals surface area contributed by atoms with Crippen LogP contribution in [0.4, 0.5) is 0 Å². The van der Waals surface area contributed by atoms with Crippen molar-refractivity contribution in [3.8, 4) is 5.75 Å². The molecule has 5 nitrogen and oxygen atoms in total. The maximum absolute atomic E-state index is 5.38. The molecule has 2 rings (SSSR count). The highest BCUT2D eigenvalue weighted by Crippen LogP contribution is 2.26. The van der Waals surface area contributed by atoms with Crippen molar-refractivity contribution in [3.63, 3.8) is 0 Å². The lowest BCUT2D eigenvalue weighted by Gasteiger charge is -2.18. The predicted octanol–water partition coefficient (Wildman–Crippen LogP) is 2.37. The molecule has 20 heavy (non-hydrogen) atoms. The average molecular weight is 274 g/mol. The molecule has 2 aromatic heterocycles. The number of aromatic nitrogens is 3. The minimum atomic E-state index is 0.156. The van der Waals surface area contributed by atoms with Gasteiger partial charge in [-0.15, -0.1) is 0 Å². The summed E-state index contributed by atoms with van der Waals surface area (Å²) in [6.07, 6.45) is 6.37. The van der Waals surface area contributed by atoms with Crippen LogP contribution in [-0.2, 0) is 6.42 Å². The van der Waals surface area contributed by atoms with Crippen LogP contribution in [0.3, 0.4) is 0 Å². The van der Waals surface area contributed by atoms with Crippen molar-refractivity contribution < 1.29 is 4.74 Å². The van der Waals surface area contributed by atoms with Crippen molar-refractivity contribution in [2.24, 2.45) is 0 Å². The van der Waals surface area contributed by atoms with Gasteiger partial charge < -0.3 is 10.1 Å². The Labute approximate surface area is 120 Å². The molecule has 1 atom stereocenters. The smallest absolute Gasteiger partial charge is 0.141 e. The molecule has 0 aromatic carbocycles. The lowest BCUT2D eigenvalue weighted by molar-refractivity contribution is 0.398. The number of likely N-dealkylation sites (N-methyl/N-ethyl adjacent to an activating group) is 1. The van der Waals surface area contributed by atoms with E-state index in [2.05, 4.69) is 35.3 Å². The summed E-state index contributed by atoms with van der Waals surface area (Å²) >= 11 is 0. The normalized spacial score (nSPS) is 12.7. The molecule has 0 spiro atoms. The first-order chi connectivity index (χ1) is 9.65. The second kappa shape index (κ2) is 6.52. The zero-order chi connectivity index (χ0) is 14.5. The predicted molar refractivity (Wildman–Crippen MR) is 78.9 cm³/mol. The fourth-order valence-corrected chi connectivity index (χ4v) is 2.20. The molecule has 1 unspecified atom stereocenters. The van der Waals surface area contributed by atoms with Crippen LogP contribution in [0.25, 0.3) is 0 Å². The van der Waals surface area contributed by atoms with Gasteiger partial charge in [0.2, 0.25) is 0 Å². The highest BCUT2D eigenvalue weighted by Gasteiger charge is 2.16. The molecule has 108 valence electrons. The Morgan fingerprint density at radius 3 is 2.75 bits per heavy atom. The maximum Gasteiger partial charge on any atom is 0.141 e. The maximum atomic E-state index is 5.38. The SMILES string of the molecule is CNC(Cc1ccn(C(C)C)n1)c1ccncc1OC. The highest BCUT2D eigenvalue weighted by atomic mass is 16.5. The number of methoxy groups -OCH3 is 1. The lowest BCUT2D eigenvalue weighted by Crippen LogP contribution is -2.20. The van der Waals surface area contributed by atoms with Gasteiger partial charge in [-0.2, -0.15) is 5.10 Å². The minimum absolute atomic E-state index is 0.156. The number of hydrogen-bond acceptors (Lipinski definition) is 4. The zero-order valence-corrected chi connectivity index (χ0v) is 12.5. The Morgan fingerprint density at radius 1 is 1.35 bits per heavy atom. The van der Waals surface area contributed by atoms with Crippen molar-refractivity contribution in [2.75, 3.05) is 14.2 Å². The van der Waals surface area contributed by atoms with Crippen molar-refractivity contribution >= 4 is 0 Å². The van der Waals surface area contributed by atoms with Crippen LogP contribution in [0.15, 0.2) is 30.7 Å². The average Bonchev–Trinajstić information content (AvgIpc) is 2.93. The molecule has 0 saturated heterocycles. The number of nitrogens with zero attached hydrogens (tertiary/aromatic N) is 3. The number of hydrogen-bond donors (Lipinski definition) is 1. The molecule has 0 fully saturated rings. The Hall–Kier alpha value is -1.88. The third-order valence-corrected chi connectivity index (χ3v) is 3.37. The van der Waals surface area contributed by atoms with Gasteiger partial charge in [0.25, 0.3) is 0 Å². The molecule has 2 heterocycles. The summed E-state index contributed by atoms with van der Waals surface area (Å²) in [5.41, 5.74) is 2.17. The van der Waals surface area contributed by atoms with E-state index in [9.17, 15) is 0 Å². The molecule has 0 amide bonds.